The summed E-state index contributed by atoms with van der Waals surface area (Å²) < 4.78 is 59.9. The molecule has 3 rings (SSSR count). The molecule has 0 amide bonds. The Morgan fingerprint density at radius 1 is 0.857 bits per heavy atom. The lowest BCUT2D eigenvalue weighted by Gasteiger charge is -2.48. The first-order valence-electron chi connectivity index (χ1n) is 8.29. The first kappa shape index (κ1) is 15.6. The van der Waals surface area contributed by atoms with Crippen molar-refractivity contribution >= 4 is 0 Å². The number of ether oxygens (including phenoxy) is 1. The second-order valence-electron chi connectivity index (χ2n) is 7.07. The molecule has 0 aromatic heterocycles. The Balaban J connectivity index is 1.81. The molecule has 1 aliphatic heterocycles. The Morgan fingerprint density at radius 3 is 2.38 bits per heavy atom. The Bertz CT molecular complexity index is 357. The molecule has 0 radical (unpaired) electrons. The van der Waals surface area contributed by atoms with E-state index in [-0.39, 0.29) is 30.8 Å². The number of fused-ring (bicyclic) bond motifs is 1. The molecule has 3 fully saturated rings. The lowest BCUT2D eigenvalue weighted by molar-refractivity contribution is -0.215. The van der Waals surface area contributed by atoms with Gasteiger partial charge in [0.25, 0.3) is 0 Å². The van der Waals surface area contributed by atoms with Crippen LogP contribution in [0.5, 0.6) is 0 Å². The van der Waals surface area contributed by atoms with E-state index in [0.717, 1.165) is 19.3 Å². The van der Waals surface area contributed by atoms with E-state index in [9.17, 15) is 17.6 Å². The van der Waals surface area contributed by atoms with E-state index in [0.29, 0.717) is 25.9 Å². The first-order chi connectivity index (χ1) is 9.97. The normalized spacial score (nSPS) is 45.1. The zero-order valence-electron chi connectivity index (χ0n) is 12.2. The van der Waals surface area contributed by atoms with E-state index in [4.69, 9.17) is 4.74 Å². The summed E-state index contributed by atoms with van der Waals surface area (Å²) >= 11 is 0. The van der Waals surface area contributed by atoms with Crippen molar-refractivity contribution in [3.63, 3.8) is 0 Å². The van der Waals surface area contributed by atoms with E-state index in [1.807, 2.05) is 0 Å². The molecule has 0 spiro atoms. The molecule has 6 unspecified atom stereocenters. The third-order valence-corrected chi connectivity index (χ3v) is 5.79. The molecule has 0 aromatic carbocycles. The maximum absolute atomic E-state index is 14.0. The zero-order chi connectivity index (χ0) is 15.0. The summed E-state index contributed by atoms with van der Waals surface area (Å²) in [6.07, 6.45) is -0.427. The highest BCUT2D eigenvalue weighted by atomic mass is 19.4. The Morgan fingerprint density at radius 2 is 1.62 bits per heavy atom. The second-order valence-corrected chi connectivity index (χ2v) is 7.07. The van der Waals surface area contributed by atoms with Crippen LogP contribution in [-0.2, 0) is 4.74 Å². The van der Waals surface area contributed by atoms with Gasteiger partial charge in [-0.25, -0.2) is 4.39 Å². The summed E-state index contributed by atoms with van der Waals surface area (Å²) in [5.41, 5.74) is 0. The summed E-state index contributed by atoms with van der Waals surface area (Å²) in [6, 6.07) is 0. The molecule has 21 heavy (non-hydrogen) atoms. The van der Waals surface area contributed by atoms with Gasteiger partial charge < -0.3 is 4.74 Å². The van der Waals surface area contributed by atoms with Gasteiger partial charge in [0.05, 0.1) is 12.0 Å². The average Bonchev–Trinajstić information content (AvgIpc) is 2.45. The molecular formula is C16H24F4O. The number of alkyl halides is 4. The van der Waals surface area contributed by atoms with Crippen LogP contribution in [0.3, 0.4) is 0 Å². The maximum atomic E-state index is 14.0. The van der Waals surface area contributed by atoms with Gasteiger partial charge in [0, 0.05) is 6.61 Å². The molecule has 5 heteroatoms. The van der Waals surface area contributed by atoms with Crippen molar-refractivity contribution in [2.24, 2.45) is 23.7 Å². The highest BCUT2D eigenvalue weighted by Crippen LogP contribution is 2.51. The van der Waals surface area contributed by atoms with Crippen LogP contribution in [0.1, 0.15) is 51.4 Å². The second kappa shape index (κ2) is 6.05. The third kappa shape index (κ3) is 3.22. The Labute approximate surface area is 123 Å². The zero-order valence-corrected chi connectivity index (χ0v) is 12.2. The van der Waals surface area contributed by atoms with Gasteiger partial charge in [0.1, 0.15) is 6.17 Å². The summed E-state index contributed by atoms with van der Waals surface area (Å²) in [4.78, 5) is 0. The monoisotopic (exact) mass is 308 g/mol. The van der Waals surface area contributed by atoms with Crippen LogP contribution in [0, 0.1) is 23.7 Å². The molecule has 0 bridgehead atoms. The minimum Gasteiger partial charge on any atom is -0.378 e. The number of hydrogen-bond acceptors (Lipinski definition) is 1. The summed E-state index contributed by atoms with van der Waals surface area (Å²) in [6.45, 7) is 0.623. The van der Waals surface area contributed by atoms with Crippen LogP contribution in [-0.4, -0.2) is 25.1 Å². The number of hydrogen-bond donors (Lipinski definition) is 0. The molecule has 2 saturated carbocycles. The van der Waals surface area contributed by atoms with Gasteiger partial charge >= 0.3 is 6.18 Å². The molecule has 6 atom stereocenters. The van der Waals surface area contributed by atoms with Crippen LogP contribution < -0.4 is 0 Å². The molecule has 1 saturated heterocycles. The molecule has 2 aliphatic carbocycles. The van der Waals surface area contributed by atoms with Crippen molar-refractivity contribution in [2.75, 3.05) is 6.61 Å². The molecule has 0 N–H and O–H groups in total. The van der Waals surface area contributed by atoms with Crippen molar-refractivity contribution < 1.29 is 22.3 Å². The standard InChI is InChI=1S/C16H24F4O/c17-11-8-10-4-3-7-21-15(10)13(9-11)12-5-1-2-6-14(12)16(18,19)20/h10-15H,1-9H2. The molecule has 1 heterocycles. The van der Waals surface area contributed by atoms with Gasteiger partial charge in [-0.05, 0) is 56.3 Å². The highest BCUT2D eigenvalue weighted by Gasteiger charge is 2.52. The SMILES string of the molecule is FC1CC2CCCOC2C(C2CCCCC2C(F)(F)F)C1. The molecule has 122 valence electrons. The summed E-state index contributed by atoms with van der Waals surface area (Å²) in [5.74, 6) is -1.81. The smallest absolute Gasteiger partial charge is 0.378 e. The topological polar surface area (TPSA) is 9.23 Å². The van der Waals surface area contributed by atoms with E-state index >= 15 is 0 Å². The predicted octanol–water partition coefficient (Wildman–Crippen LogP) is 4.90. The van der Waals surface area contributed by atoms with Gasteiger partial charge in [-0.3, -0.25) is 0 Å². The minimum atomic E-state index is -4.15. The van der Waals surface area contributed by atoms with Gasteiger partial charge in [0.15, 0.2) is 0 Å². The first-order valence-corrected chi connectivity index (χ1v) is 8.29. The quantitative estimate of drug-likeness (QED) is 0.626. The fraction of sp³-hybridized carbons (Fsp3) is 1.00. The third-order valence-electron chi connectivity index (χ3n) is 5.79. The van der Waals surface area contributed by atoms with E-state index in [1.165, 1.54) is 0 Å². The lowest BCUT2D eigenvalue weighted by Crippen LogP contribution is -2.49. The predicted molar refractivity (Wildman–Crippen MR) is 71.6 cm³/mol. The fourth-order valence-electron chi connectivity index (χ4n) is 4.94. The Kier molecular flexibility index (Phi) is 4.49. The Hall–Kier alpha value is -0.320. The van der Waals surface area contributed by atoms with Crippen LogP contribution in [0.2, 0.25) is 0 Å². The van der Waals surface area contributed by atoms with Crippen LogP contribution in [0.4, 0.5) is 17.6 Å². The molecule has 0 aromatic rings. The van der Waals surface area contributed by atoms with Crippen LogP contribution in [0.15, 0.2) is 0 Å². The van der Waals surface area contributed by atoms with Gasteiger partial charge in [-0.1, -0.05) is 12.8 Å². The number of rotatable bonds is 1. The maximum Gasteiger partial charge on any atom is 0.392 e. The van der Waals surface area contributed by atoms with Crippen molar-refractivity contribution in [3.8, 4) is 0 Å². The van der Waals surface area contributed by atoms with Crippen molar-refractivity contribution in [3.05, 3.63) is 0 Å². The largest absolute Gasteiger partial charge is 0.392 e. The van der Waals surface area contributed by atoms with Crippen LogP contribution in [0.25, 0.3) is 0 Å². The van der Waals surface area contributed by atoms with Gasteiger partial charge in [-0.2, -0.15) is 13.2 Å². The van der Waals surface area contributed by atoms with E-state index in [1.54, 1.807) is 0 Å². The van der Waals surface area contributed by atoms with E-state index < -0.39 is 24.2 Å². The van der Waals surface area contributed by atoms with Crippen molar-refractivity contribution in [2.45, 2.75) is 69.8 Å². The van der Waals surface area contributed by atoms with Gasteiger partial charge in [0.2, 0.25) is 0 Å². The summed E-state index contributed by atoms with van der Waals surface area (Å²) in [5, 5.41) is 0. The number of halogens is 4. The van der Waals surface area contributed by atoms with Crippen molar-refractivity contribution in [1.29, 1.82) is 0 Å². The van der Waals surface area contributed by atoms with E-state index in [2.05, 4.69) is 0 Å². The van der Waals surface area contributed by atoms with Crippen LogP contribution >= 0.6 is 0 Å². The highest BCUT2D eigenvalue weighted by molar-refractivity contribution is 4.96. The minimum absolute atomic E-state index is 0.128. The molecule has 3 aliphatic rings. The molecule has 1 nitrogen and oxygen atoms in total. The van der Waals surface area contributed by atoms with Crippen molar-refractivity contribution in [1.82, 2.24) is 0 Å². The lowest BCUT2D eigenvalue weighted by atomic mass is 9.63. The van der Waals surface area contributed by atoms with Gasteiger partial charge in [-0.15, -0.1) is 0 Å². The average molecular weight is 308 g/mol. The fourth-order valence-corrected chi connectivity index (χ4v) is 4.94. The summed E-state index contributed by atoms with van der Waals surface area (Å²) in [7, 11) is 0. The molecular weight excluding hydrogens is 284 g/mol.